The van der Waals surface area contributed by atoms with Crippen LogP contribution in [0.3, 0.4) is 0 Å². The lowest BCUT2D eigenvalue weighted by molar-refractivity contribution is -0.126. The predicted octanol–water partition coefficient (Wildman–Crippen LogP) is 5.19. The molecule has 0 aliphatic rings. The maximum atomic E-state index is 13.5. The van der Waals surface area contributed by atoms with Crippen LogP contribution < -0.4 is 0 Å². The zero-order valence-electron chi connectivity index (χ0n) is 18.4. The fraction of sp³-hybridized carbons (Fsp3) is 0.148. The van der Waals surface area contributed by atoms with Crippen LogP contribution >= 0.6 is 0 Å². The first kappa shape index (κ1) is 22.1. The summed E-state index contributed by atoms with van der Waals surface area (Å²) in [4.78, 5) is 18.8. The number of pyridine rings is 1. The van der Waals surface area contributed by atoms with Crippen molar-refractivity contribution >= 4 is 12.0 Å². The van der Waals surface area contributed by atoms with Crippen LogP contribution in [0.5, 0.6) is 0 Å². The summed E-state index contributed by atoms with van der Waals surface area (Å²) in [5.41, 5.74) is 4.36. The maximum Gasteiger partial charge on any atom is 0.246 e. The van der Waals surface area contributed by atoms with Gasteiger partial charge in [0.1, 0.15) is 11.5 Å². The number of hydrogen-bond donors (Lipinski definition) is 0. The van der Waals surface area contributed by atoms with Crippen molar-refractivity contribution in [1.82, 2.24) is 19.7 Å². The maximum absolute atomic E-state index is 13.5. The molecule has 0 aliphatic heterocycles. The molecule has 0 aliphatic carbocycles. The zero-order valence-corrected chi connectivity index (χ0v) is 18.4. The Bertz CT molecular complexity index is 1240. The Morgan fingerprint density at radius 2 is 1.88 bits per heavy atom. The summed E-state index contributed by atoms with van der Waals surface area (Å²) < 4.78 is 15.4. The lowest BCUT2D eigenvalue weighted by Crippen LogP contribution is -2.28. The molecule has 5 nitrogen and oxygen atoms in total. The number of amides is 1. The standard InChI is InChI=1S/C27H25FN4O/c1-2-31(18-22-10-6-12-25(28)16-22)26(33)14-13-24-20-32(19-21-8-4-3-5-9-21)30-27(24)23-11-7-15-29-17-23/h3-17,20H,2,18-19H2,1H3/b14-13+. The summed E-state index contributed by atoms with van der Waals surface area (Å²) in [6, 6.07) is 20.2. The van der Waals surface area contributed by atoms with Gasteiger partial charge in [0, 0.05) is 48.9 Å². The third-order valence-electron chi connectivity index (χ3n) is 5.27. The van der Waals surface area contributed by atoms with E-state index in [4.69, 9.17) is 5.10 Å². The van der Waals surface area contributed by atoms with Gasteiger partial charge in [0.15, 0.2) is 0 Å². The van der Waals surface area contributed by atoms with Gasteiger partial charge >= 0.3 is 0 Å². The minimum atomic E-state index is -0.307. The molecule has 0 N–H and O–H groups in total. The summed E-state index contributed by atoms with van der Waals surface area (Å²) in [5.74, 6) is -0.451. The van der Waals surface area contributed by atoms with Crippen LogP contribution in [-0.2, 0) is 17.9 Å². The Kier molecular flexibility index (Phi) is 7.05. The van der Waals surface area contributed by atoms with E-state index in [1.165, 1.54) is 12.1 Å². The van der Waals surface area contributed by atoms with Gasteiger partial charge in [-0.15, -0.1) is 0 Å². The molecule has 2 heterocycles. The molecule has 2 aromatic carbocycles. The fourth-order valence-electron chi connectivity index (χ4n) is 3.61. The Hall–Kier alpha value is -4.06. The molecule has 4 rings (SSSR count). The van der Waals surface area contributed by atoms with E-state index < -0.39 is 0 Å². The van der Waals surface area contributed by atoms with E-state index in [2.05, 4.69) is 17.1 Å². The van der Waals surface area contributed by atoms with E-state index in [1.54, 1.807) is 35.5 Å². The van der Waals surface area contributed by atoms with Crippen LogP contribution in [0.25, 0.3) is 17.3 Å². The smallest absolute Gasteiger partial charge is 0.246 e. The lowest BCUT2D eigenvalue weighted by atomic mass is 10.1. The number of carbonyl (C=O) groups excluding carboxylic acids is 1. The normalized spacial score (nSPS) is 11.1. The molecule has 0 spiro atoms. The summed E-state index contributed by atoms with van der Waals surface area (Å²) in [7, 11) is 0. The number of hydrogen-bond acceptors (Lipinski definition) is 3. The summed E-state index contributed by atoms with van der Waals surface area (Å²) >= 11 is 0. The Morgan fingerprint density at radius 1 is 1.06 bits per heavy atom. The summed E-state index contributed by atoms with van der Waals surface area (Å²) in [6.45, 7) is 3.39. The van der Waals surface area contributed by atoms with Crippen molar-refractivity contribution in [3.05, 3.63) is 114 Å². The second kappa shape index (κ2) is 10.5. The van der Waals surface area contributed by atoms with Gasteiger partial charge in [-0.05, 0) is 48.4 Å². The molecule has 4 aromatic rings. The van der Waals surface area contributed by atoms with Crippen LogP contribution in [0.15, 0.2) is 91.4 Å². The average molecular weight is 441 g/mol. The molecule has 0 saturated carbocycles. The van der Waals surface area contributed by atoms with Crippen molar-refractivity contribution in [3.8, 4) is 11.3 Å². The number of carbonyl (C=O) groups is 1. The first-order chi connectivity index (χ1) is 16.1. The van der Waals surface area contributed by atoms with Crippen LogP contribution in [0, 0.1) is 5.82 Å². The second-order valence-corrected chi connectivity index (χ2v) is 7.67. The number of benzene rings is 2. The van der Waals surface area contributed by atoms with E-state index in [-0.39, 0.29) is 11.7 Å². The monoisotopic (exact) mass is 440 g/mol. The Labute approximate surface area is 192 Å². The van der Waals surface area contributed by atoms with Crippen molar-refractivity contribution in [1.29, 1.82) is 0 Å². The molecular formula is C27H25FN4O. The highest BCUT2D eigenvalue weighted by atomic mass is 19.1. The lowest BCUT2D eigenvalue weighted by Gasteiger charge is -2.19. The molecule has 0 fully saturated rings. The highest BCUT2D eigenvalue weighted by molar-refractivity contribution is 5.92. The largest absolute Gasteiger partial charge is 0.335 e. The minimum Gasteiger partial charge on any atom is -0.335 e. The van der Waals surface area contributed by atoms with Gasteiger partial charge in [-0.25, -0.2) is 4.39 Å². The van der Waals surface area contributed by atoms with Crippen LogP contribution in [-0.4, -0.2) is 32.1 Å². The number of nitrogens with zero attached hydrogens (tertiary/aromatic N) is 4. The van der Waals surface area contributed by atoms with E-state index >= 15 is 0 Å². The molecule has 6 heteroatoms. The predicted molar refractivity (Wildman–Crippen MR) is 128 cm³/mol. The Balaban J connectivity index is 1.57. The van der Waals surface area contributed by atoms with Crippen LogP contribution in [0.4, 0.5) is 4.39 Å². The number of halogens is 1. The number of likely N-dealkylation sites (N-methyl/N-ethyl adjacent to an activating group) is 1. The van der Waals surface area contributed by atoms with E-state index in [9.17, 15) is 9.18 Å². The van der Waals surface area contributed by atoms with Crippen molar-refractivity contribution < 1.29 is 9.18 Å². The minimum absolute atomic E-state index is 0.144. The molecule has 1 amide bonds. The molecule has 0 bridgehead atoms. The van der Waals surface area contributed by atoms with E-state index in [0.29, 0.717) is 19.6 Å². The molecule has 0 saturated heterocycles. The van der Waals surface area contributed by atoms with Gasteiger partial charge in [0.25, 0.3) is 0 Å². The SMILES string of the molecule is CCN(Cc1cccc(F)c1)C(=O)/C=C/c1cn(Cc2ccccc2)nc1-c1cccnc1. The van der Waals surface area contributed by atoms with Crippen molar-refractivity contribution in [2.75, 3.05) is 6.54 Å². The average Bonchev–Trinajstić information content (AvgIpc) is 3.24. The van der Waals surface area contributed by atoms with Gasteiger partial charge in [-0.2, -0.15) is 5.10 Å². The van der Waals surface area contributed by atoms with E-state index in [1.807, 2.05) is 54.2 Å². The van der Waals surface area contributed by atoms with Crippen LogP contribution in [0.2, 0.25) is 0 Å². The third-order valence-corrected chi connectivity index (χ3v) is 5.27. The van der Waals surface area contributed by atoms with Crippen LogP contribution in [0.1, 0.15) is 23.6 Å². The first-order valence-electron chi connectivity index (χ1n) is 10.9. The van der Waals surface area contributed by atoms with Gasteiger partial charge in [-0.1, -0.05) is 42.5 Å². The quantitative estimate of drug-likeness (QED) is 0.354. The van der Waals surface area contributed by atoms with Gasteiger partial charge in [0.05, 0.1) is 6.54 Å². The van der Waals surface area contributed by atoms with Crippen molar-refractivity contribution in [2.45, 2.75) is 20.0 Å². The summed E-state index contributed by atoms with van der Waals surface area (Å²) in [5, 5.41) is 4.75. The van der Waals surface area contributed by atoms with Crippen molar-refractivity contribution in [2.24, 2.45) is 0 Å². The number of aromatic nitrogens is 3. The molecule has 33 heavy (non-hydrogen) atoms. The molecule has 0 atom stereocenters. The third kappa shape index (κ3) is 5.80. The first-order valence-corrected chi connectivity index (χ1v) is 10.9. The Morgan fingerprint density at radius 3 is 2.61 bits per heavy atom. The molecule has 166 valence electrons. The second-order valence-electron chi connectivity index (χ2n) is 7.67. The van der Waals surface area contributed by atoms with E-state index in [0.717, 1.165) is 27.9 Å². The molecule has 0 radical (unpaired) electrons. The zero-order chi connectivity index (χ0) is 23.0. The van der Waals surface area contributed by atoms with Gasteiger partial charge in [-0.3, -0.25) is 14.5 Å². The number of rotatable bonds is 8. The molecular weight excluding hydrogens is 415 g/mol. The highest BCUT2D eigenvalue weighted by Crippen LogP contribution is 2.23. The summed E-state index contributed by atoms with van der Waals surface area (Å²) in [6.07, 6.45) is 8.74. The molecule has 2 aromatic heterocycles. The van der Waals surface area contributed by atoms with Crippen molar-refractivity contribution in [3.63, 3.8) is 0 Å². The van der Waals surface area contributed by atoms with Gasteiger partial charge < -0.3 is 4.90 Å². The highest BCUT2D eigenvalue weighted by Gasteiger charge is 2.13. The topological polar surface area (TPSA) is 51.0 Å². The fourth-order valence-corrected chi connectivity index (χ4v) is 3.61. The van der Waals surface area contributed by atoms with Gasteiger partial charge in [0.2, 0.25) is 5.91 Å². The molecule has 0 unspecified atom stereocenters.